The zero-order valence-electron chi connectivity index (χ0n) is 16.8. The summed E-state index contributed by atoms with van der Waals surface area (Å²) in [7, 11) is 0. The highest BCUT2D eigenvalue weighted by atomic mass is 27.2. The van der Waals surface area contributed by atoms with Crippen LogP contribution in [0.1, 0.15) is 55.4 Å². The number of carbonyl (C=O) groups is 2. The van der Waals surface area contributed by atoms with E-state index in [4.69, 9.17) is 0 Å². The first-order chi connectivity index (χ1) is 10.6. The second-order valence-corrected chi connectivity index (χ2v) is 16.5. The molecule has 4 heteroatoms. The van der Waals surface area contributed by atoms with E-state index in [-0.39, 0.29) is 0 Å². The molecule has 0 atom stereocenters. The first-order valence-corrected chi connectivity index (χ1v) is 13.9. The molecule has 0 aromatic heterocycles. The number of carbonyl (C=O) groups excluding carboxylic acids is 2. The second kappa shape index (κ2) is 11.1. The molecule has 0 N–H and O–H groups in total. The van der Waals surface area contributed by atoms with Crippen molar-refractivity contribution < 1.29 is 9.59 Å². The van der Waals surface area contributed by atoms with Crippen molar-refractivity contribution >= 4 is 40.9 Å². The summed E-state index contributed by atoms with van der Waals surface area (Å²) >= 11 is -2.90. The van der Waals surface area contributed by atoms with Crippen LogP contribution in [0.15, 0.2) is 0 Å². The Balaban J connectivity index is 5.80. The maximum absolute atomic E-state index is 12.3. The Morgan fingerprint density at radius 1 is 0.609 bits per heavy atom. The van der Waals surface area contributed by atoms with Crippen LogP contribution in [0.3, 0.4) is 0 Å². The van der Waals surface area contributed by atoms with Crippen LogP contribution in [0.4, 0.5) is 0 Å². The summed E-state index contributed by atoms with van der Waals surface area (Å²) in [6, 6.07) is 0. The summed E-state index contributed by atoms with van der Waals surface area (Å²) in [5, 5.41) is 4.48. The third kappa shape index (κ3) is 7.88. The van der Waals surface area contributed by atoms with Gasteiger partial charge in [-0.25, -0.2) is 0 Å². The van der Waals surface area contributed by atoms with Gasteiger partial charge in [-0.15, -0.1) is 0 Å². The molecule has 0 aliphatic heterocycles. The van der Waals surface area contributed by atoms with E-state index in [1.807, 2.05) is 0 Å². The van der Waals surface area contributed by atoms with Crippen molar-refractivity contribution in [3.05, 3.63) is 0 Å². The van der Waals surface area contributed by atoms with Crippen LogP contribution in [0, 0.1) is 23.7 Å². The number of hydrogen-bond acceptors (Lipinski definition) is 2. The van der Waals surface area contributed by atoms with Gasteiger partial charge in [0.15, 0.2) is 0 Å². The average Bonchev–Trinajstić information content (AvgIpc) is 2.37. The van der Waals surface area contributed by atoms with Crippen molar-refractivity contribution in [3.63, 3.8) is 0 Å². The predicted octanol–water partition coefficient (Wildman–Crippen LogP) is 5.28. The highest BCUT2D eigenvalue weighted by Crippen LogP contribution is 2.41. The molecule has 0 aromatic rings. The van der Waals surface area contributed by atoms with Crippen LogP contribution in [0.25, 0.3) is 0 Å². The number of aldehydes is 2. The summed E-state index contributed by atoms with van der Waals surface area (Å²) in [6.07, 6.45) is 2.26. The minimum atomic E-state index is -1.45. The Hall–Kier alpha value is 0.405. The van der Waals surface area contributed by atoms with Crippen LogP contribution in [0.2, 0.25) is 24.3 Å². The largest absolute Gasteiger partial charge is 0.305 e. The van der Waals surface area contributed by atoms with Crippen molar-refractivity contribution in [1.82, 2.24) is 0 Å². The molecule has 0 saturated carbocycles. The molecule has 2 nitrogen and oxygen atoms in total. The predicted molar refractivity (Wildman–Crippen MR) is 105 cm³/mol. The maximum atomic E-state index is 12.3. The van der Waals surface area contributed by atoms with Crippen LogP contribution >= 0.6 is 0 Å². The first kappa shape index (κ1) is 23.4. The van der Waals surface area contributed by atoms with Crippen molar-refractivity contribution in [3.8, 4) is 0 Å². The number of hydrogen-bond donors (Lipinski definition) is 0. The van der Waals surface area contributed by atoms with Gasteiger partial charge < -0.3 is 9.59 Å². The lowest BCUT2D eigenvalue weighted by atomic mass is 10.3. The summed E-state index contributed by atoms with van der Waals surface area (Å²) in [4.78, 5) is 24.6. The fourth-order valence-corrected chi connectivity index (χ4v) is 15.7. The summed E-state index contributed by atoms with van der Waals surface area (Å²) in [5.41, 5.74) is 0. The van der Waals surface area contributed by atoms with Crippen molar-refractivity contribution in [2.75, 3.05) is 0 Å². The molecule has 23 heavy (non-hydrogen) atoms. The molecule has 0 amide bonds. The topological polar surface area (TPSA) is 34.1 Å². The molecule has 0 saturated heterocycles. The Labute approximate surface area is 153 Å². The molecular formula is C19H38Al2O2. The van der Waals surface area contributed by atoms with Crippen LogP contribution in [0.5, 0.6) is 0 Å². The molecule has 0 unspecified atom stereocenters. The molecule has 0 aliphatic carbocycles. The highest BCUT2D eigenvalue weighted by molar-refractivity contribution is 6.91. The first-order valence-electron chi connectivity index (χ1n) is 9.51. The van der Waals surface area contributed by atoms with Gasteiger partial charge in [0.05, 0.1) is 0 Å². The van der Waals surface area contributed by atoms with Gasteiger partial charge >= 0.3 is 0 Å². The minimum absolute atomic E-state index is 0.539. The summed E-state index contributed by atoms with van der Waals surface area (Å²) < 4.78 is -0.539. The molecule has 0 rings (SSSR count). The van der Waals surface area contributed by atoms with Gasteiger partial charge in [0.2, 0.25) is 0 Å². The molecule has 0 fully saturated rings. The van der Waals surface area contributed by atoms with E-state index >= 15 is 0 Å². The van der Waals surface area contributed by atoms with E-state index < -0.39 is 31.4 Å². The van der Waals surface area contributed by atoms with Crippen LogP contribution < -0.4 is 0 Å². The normalized spacial score (nSPS) is 12.3. The Morgan fingerprint density at radius 3 is 0.957 bits per heavy atom. The fourth-order valence-electron chi connectivity index (χ4n) is 4.03. The monoisotopic (exact) mass is 352 g/mol. The zero-order chi connectivity index (χ0) is 18.2. The van der Waals surface area contributed by atoms with Gasteiger partial charge in [-0.1, -0.05) is 100 Å². The zero-order valence-corrected chi connectivity index (χ0v) is 19.1. The molecule has 0 spiro atoms. The Bertz CT molecular complexity index is 297. The molecule has 0 bridgehead atoms. The van der Waals surface area contributed by atoms with E-state index in [0.29, 0.717) is 23.7 Å². The van der Waals surface area contributed by atoms with Crippen molar-refractivity contribution in [2.45, 2.75) is 79.7 Å². The van der Waals surface area contributed by atoms with E-state index in [0.717, 1.165) is 33.7 Å². The minimum Gasteiger partial charge on any atom is -0.305 e. The Morgan fingerprint density at radius 2 is 0.826 bits per heavy atom. The molecule has 0 aromatic carbocycles. The van der Waals surface area contributed by atoms with Gasteiger partial charge in [0.25, 0.3) is 28.3 Å². The maximum Gasteiger partial charge on any atom is 0.273 e. The smallest absolute Gasteiger partial charge is 0.273 e. The average molecular weight is 352 g/mol. The van der Waals surface area contributed by atoms with Crippen molar-refractivity contribution in [2.24, 2.45) is 23.7 Å². The van der Waals surface area contributed by atoms with E-state index in [9.17, 15) is 9.59 Å². The standard InChI is InChI=1S/4C4H9.C3H2O2.2Al/c4*1-4(2)3;4-2-1-3-5;;/h4*4H,1H2,2-3H3;2-3H;;. The van der Waals surface area contributed by atoms with E-state index in [1.165, 1.54) is 0 Å². The van der Waals surface area contributed by atoms with Gasteiger partial charge in [-0.05, 0) is 3.14 Å². The molecular weight excluding hydrogens is 314 g/mol. The van der Waals surface area contributed by atoms with Gasteiger partial charge in [0.1, 0.15) is 12.6 Å². The number of rotatable bonds is 12. The summed E-state index contributed by atoms with van der Waals surface area (Å²) in [6.45, 7) is 17.9. The molecule has 0 heterocycles. The van der Waals surface area contributed by atoms with E-state index in [2.05, 4.69) is 55.4 Å². The van der Waals surface area contributed by atoms with Crippen LogP contribution in [-0.2, 0) is 9.59 Å². The van der Waals surface area contributed by atoms with E-state index in [1.54, 1.807) is 0 Å². The third-order valence-corrected chi connectivity index (χ3v) is 17.1. The molecule has 0 radical (unpaired) electrons. The molecule has 0 aliphatic rings. The fraction of sp³-hybridized carbons (Fsp3) is 0.895. The van der Waals surface area contributed by atoms with Gasteiger partial charge in [-0.2, -0.15) is 0 Å². The lowest BCUT2D eigenvalue weighted by molar-refractivity contribution is -0.116. The third-order valence-electron chi connectivity index (χ3n) is 4.85. The van der Waals surface area contributed by atoms with Gasteiger partial charge in [0, 0.05) is 0 Å². The molecule has 132 valence electrons. The van der Waals surface area contributed by atoms with Crippen molar-refractivity contribution in [1.29, 1.82) is 0 Å². The summed E-state index contributed by atoms with van der Waals surface area (Å²) in [5.74, 6) is 2.32. The lowest BCUT2D eigenvalue weighted by Crippen LogP contribution is -2.49. The van der Waals surface area contributed by atoms with Gasteiger partial charge in [-0.3, -0.25) is 0 Å². The second-order valence-electron chi connectivity index (χ2n) is 9.15. The highest BCUT2D eigenvalue weighted by Gasteiger charge is 2.51. The Kier molecular flexibility index (Phi) is 11.3. The van der Waals surface area contributed by atoms with Crippen LogP contribution in [-0.4, -0.2) is 40.9 Å². The quantitative estimate of drug-likeness (QED) is 0.272. The SMILES string of the molecule is CC(C)[CH2][Al]([CH2]C(C)C)[C](C=O)(C=O)[Al]([CH2]C(C)C)[CH2]C(C)C. The lowest BCUT2D eigenvalue weighted by Gasteiger charge is -2.36.